The number of rotatable bonds is 6. The van der Waals surface area contributed by atoms with Crippen LogP contribution in [0.2, 0.25) is 5.02 Å². The molecule has 1 aliphatic heterocycles. The Bertz CT molecular complexity index is 962. The number of quaternary nitrogens is 1. The van der Waals surface area contributed by atoms with Gasteiger partial charge in [0.2, 0.25) is 5.71 Å². The fourth-order valence-electron chi connectivity index (χ4n) is 3.60. The van der Waals surface area contributed by atoms with Crippen LogP contribution in [0, 0.1) is 16.2 Å². The largest absolute Gasteiger partial charge is 0.623 e. The molecule has 2 aromatic carbocycles. The summed E-state index contributed by atoms with van der Waals surface area (Å²) >= 11 is 6.14. The maximum absolute atomic E-state index is 14.5. The number of hydrogen-bond acceptors (Lipinski definition) is 4. The topological polar surface area (TPSA) is 69.4 Å². The Morgan fingerprint density at radius 1 is 1.17 bits per heavy atom. The number of hydroxylamine groups is 3. The molecule has 8 heteroatoms. The number of hydrogen-bond donors (Lipinski definition) is 0. The molecule has 6 nitrogen and oxygen atoms in total. The predicted molar refractivity (Wildman–Crippen MR) is 112 cm³/mol. The molecular formula is C21H23ClFN3O3. The van der Waals surface area contributed by atoms with Gasteiger partial charge in [-0.25, -0.2) is 9.18 Å². The number of halogens is 2. The average Bonchev–Trinajstić information content (AvgIpc) is 2.77. The molecule has 1 unspecified atom stereocenters. The zero-order chi connectivity index (χ0) is 21.2. The smallest absolute Gasteiger partial charge is 0.385 e. The van der Waals surface area contributed by atoms with Gasteiger partial charge < -0.3 is 10.4 Å². The molecule has 1 atom stereocenters. The summed E-state index contributed by atoms with van der Waals surface area (Å²) in [6.45, 7) is 5.08. The molecular weight excluding hydrogens is 397 g/mol. The normalized spacial score (nSPS) is 19.4. The third kappa shape index (κ3) is 4.04. The Morgan fingerprint density at radius 3 is 2.52 bits per heavy atom. The van der Waals surface area contributed by atoms with Gasteiger partial charge in [0.1, 0.15) is 17.9 Å². The summed E-state index contributed by atoms with van der Waals surface area (Å²) in [4.78, 5) is 14.9. The molecule has 0 bridgehead atoms. The first-order valence-corrected chi connectivity index (χ1v) is 9.91. The van der Waals surface area contributed by atoms with Crippen LogP contribution in [-0.4, -0.2) is 54.0 Å². The van der Waals surface area contributed by atoms with Crippen LogP contribution in [0.4, 0.5) is 10.1 Å². The summed E-state index contributed by atoms with van der Waals surface area (Å²) in [5.41, 5.74) is 0.241. The first-order chi connectivity index (χ1) is 13.8. The molecule has 0 fully saturated rings. The number of benzodiazepines with no additional fused rings is 1. The van der Waals surface area contributed by atoms with Crippen molar-refractivity contribution in [2.75, 3.05) is 32.7 Å². The Kier molecular flexibility index (Phi) is 6.33. The van der Waals surface area contributed by atoms with E-state index >= 15 is 0 Å². The van der Waals surface area contributed by atoms with Gasteiger partial charge in [-0.1, -0.05) is 37.6 Å². The van der Waals surface area contributed by atoms with Crippen molar-refractivity contribution in [2.24, 2.45) is 0 Å². The molecule has 1 amide bonds. The number of benzene rings is 2. The van der Waals surface area contributed by atoms with Crippen molar-refractivity contribution in [1.29, 1.82) is 0 Å². The molecule has 29 heavy (non-hydrogen) atoms. The summed E-state index contributed by atoms with van der Waals surface area (Å²) in [5, 5.41) is 27.0. The van der Waals surface area contributed by atoms with Crippen molar-refractivity contribution < 1.29 is 13.9 Å². The van der Waals surface area contributed by atoms with E-state index in [0.29, 0.717) is 11.3 Å². The molecule has 0 N–H and O–H groups in total. The minimum atomic E-state index is -1.29. The Morgan fingerprint density at radius 2 is 1.86 bits per heavy atom. The van der Waals surface area contributed by atoms with Gasteiger partial charge in [0, 0.05) is 17.6 Å². The van der Waals surface area contributed by atoms with Crippen LogP contribution in [0.15, 0.2) is 42.5 Å². The van der Waals surface area contributed by atoms with Gasteiger partial charge in [0.25, 0.3) is 6.54 Å². The highest BCUT2D eigenvalue weighted by Crippen LogP contribution is 2.34. The molecule has 3 rings (SSSR count). The quantitative estimate of drug-likeness (QED) is 0.408. The van der Waals surface area contributed by atoms with Crippen LogP contribution in [-0.2, 0) is 4.79 Å². The lowest BCUT2D eigenvalue weighted by atomic mass is 9.99. The van der Waals surface area contributed by atoms with Crippen molar-refractivity contribution in [2.45, 2.75) is 13.8 Å². The lowest BCUT2D eigenvalue weighted by Gasteiger charge is -2.39. The summed E-state index contributed by atoms with van der Waals surface area (Å²) in [5.74, 6) is -1.40. The highest BCUT2D eigenvalue weighted by atomic mass is 35.5. The number of carbonyl (C=O) groups excluding carboxylic acids is 1. The molecule has 2 aromatic rings. The van der Waals surface area contributed by atoms with Gasteiger partial charge >= 0.3 is 5.91 Å². The van der Waals surface area contributed by atoms with E-state index in [9.17, 15) is 19.6 Å². The average molecular weight is 420 g/mol. The van der Waals surface area contributed by atoms with Crippen molar-refractivity contribution in [1.82, 2.24) is 9.55 Å². The van der Waals surface area contributed by atoms with E-state index in [-0.39, 0.29) is 34.1 Å². The van der Waals surface area contributed by atoms with E-state index in [1.165, 1.54) is 36.4 Å². The number of fused-ring (bicyclic) bond motifs is 1. The summed E-state index contributed by atoms with van der Waals surface area (Å²) < 4.78 is 13.6. The lowest BCUT2D eigenvalue weighted by molar-refractivity contribution is -0.444. The Balaban J connectivity index is 2.19. The van der Waals surface area contributed by atoms with E-state index in [1.807, 2.05) is 18.7 Å². The Hall–Kier alpha value is -2.32. The van der Waals surface area contributed by atoms with Crippen LogP contribution < -0.4 is 4.65 Å². The molecule has 0 aliphatic carbocycles. The monoisotopic (exact) mass is 419 g/mol. The molecule has 0 radical (unpaired) electrons. The molecule has 154 valence electrons. The zero-order valence-electron chi connectivity index (χ0n) is 16.4. The first-order valence-electron chi connectivity index (χ1n) is 9.53. The number of nitrogens with zero attached hydrogens (tertiary/aromatic N) is 3. The van der Waals surface area contributed by atoms with E-state index in [2.05, 4.69) is 0 Å². The fraction of sp³-hybridized carbons (Fsp3) is 0.333. The van der Waals surface area contributed by atoms with Crippen LogP contribution in [0.5, 0.6) is 0 Å². The molecule has 0 saturated heterocycles. The summed E-state index contributed by atoms with van der Waals surface area (Å²) in [6.07, 6.45) is 0. The molecule has 0 aromatic heterocycles. The van der Waals surface area contributed by atoms with E-state index < -0.39 is 22.9 Å². The number of likely N-dealkylation sites (N-methyl/N-ethyl adjacent to an activating group) is 1. The zero-order valence-corrected chi connectivity index (χ0v) is 17.2. The van der Waals surface area contributed by atoms with E-state index in [4.69, 9.17) is 11.6 Å². The molecule has 0 spiro atoms. The van der Waals surface area contributed by atoms with Gasteiger partial charge in [-0.2, -0.15) is 4.74 Å². The SMILES string of the molecule is CCN(CC)CC[N+]1([O-])C(=O)C[N+]([O-])=C(c2ccccc2F)c2cc(Cl)ccc21. The van der Waals surface area contributed by atoms with Crippen LogP contribution in [0.3, 0.4) is 0 Å². The van der Waals surface area contributed by atoms with Crippen LogP contribution in [0.25, 0.3) is 0 Å². The highest BCUT2D eigenvalue weighted by molar-refractivity contribution is 6.31. The molecule has 1 aliphatic rings. The third-order valence-corrected chi connectivity index (χ3v) is 5.52. The van der Waals surface area contributed by atoms with Gasteiger partial charge in [-0.3, -0.25) is 9.55 Å². The fourth-order valence-corrected chi connectivity index (χ4v) is 3.77. The Labute approximate surface area is 174 Å². The van der Waals surface area contributed by atoms with Crippen molar-refractivity contribution in [3.63, 3.8) is 0 Å². The van der Waals surface area contributed by atoms with Crippen molar-refractivity contribution >= 4 is 28.9 Å². The maximum Gasteiger partial charge on any atom is 0.385 e. The number of amides is 1. The summed E-state index contributed by atoms with van der Waals surface area (Å²) in [7, 11) is 0. The summed E-state index contributed by atoms with van der Waals surface area (Å²) in [6, 6.07) is 10.2. The predicted octanol–water partition coefficient (Wildman–Crippen LogP) is 3.51. The minimum Gasteiger partial charge on any atom is -0.623 e. The second-order valence-electron chi connectivity index (χ2n) is 6.91. The minimum absolute atomic E-state index is 0.0241. The van der Waals surface area contributed by atoms with Crippen molar-refractivity contribution in [3.8, 4) is 0 Å². The highest BCUT2D eigenvalue weighted by Gasteiger charge is 2.41. The first kappa shape index (κ1) is 21.4. The van der Waals surface area contributed by atoms with Gasteiger partial charge in [-0.05, 0) is 37.4 Å². The lowest BCUT2D eigenvalue weighted by Crippen LogP contribution is -2.54. The van der Waals surface area contributed by atoms with Gasteiger partial charge in [0.15, 0.2) is 5.69 Å². The van der Waals surface area contributed by atoms with Crippen molar-refractivity contribution in [3.05, 3.63) is 74.8 Å². The second kappa shape index (κ2) is 8.59. The third-order valence-electron chi connectivity index (χ3n) is 5.29. The standard InChI is InChI=1S/C21H23ClFN3O3/c1-3-24(4-2)11-12-26(29)19-10-9-15(22)13-17(19)21(25(28)14-20(26)27)16-7-5-6-8-18(16)23/h5-10,13H,3-4,11-12,14H2,1-2H3. The maximum atomic E-state index is 14.5. The van der Waals surface area contributed by atoms with Gasteiger partial charge in [-0.15, -0.1) is 0 Å². The van der Waals surface area contributed by atoms with E-state index in [0.717, 1.165) is 13.1 Å². The molecule has 1 heterocycles. The second-order valence-corrected chi connectivity index (χ2v) is 7.35. The van der Waals surface area contributed by atoms with Crippen LogP contribution >= 0.6 is 11.6 Å². The number of carbonyl (C=O) groups is 1. The molecule has 0 saturated carbocycles. The van der Waals surface area contributed by atoms with Crippen LogP contribution in [0.1, 0.15) is 25.0 Å². The van der Waals surface area contributed by atoms with E-state index in [1.54, 1.807) is 6.07 Å². The van der Waals surface area contributed by atoms with Gasteiger partial charge in [0.05, 0.1) is 5.56 Å².